The number of likely N-dealkylation sites (N-methyl/N-ethyl adjacent to an activating group) is 1. The quantitative estimate of drug-likeness (QED) is 0.607. The lowest BCUT2D eigenvalue weighted by Gasteiger charge is -2.35. The Morgan fingerprint density at radius 3 is 2.48 bits per heavy atom. The Labute approximate surface area is 194 Å². The highest BCUT2D eigenvalue weighted by molar-refractivity contribution is 7.91. The minimum atomic E-state index is -2.99. The van der Waals surface area contributed by atoms with Gasteiger partial charge in [0, 0.05) is 44.0 Å². The van der Waals surface area contributed by atoms with Crippen molar-refractivity contribution in [1.29, 1.82) is 0 Å². The number of aromatic nitrogens is 2. The third-order valence-corrected chi connectivity index (χ3v) is 8.26. The summed E-state index contributed by atoms with van der Waals surface area (Å²) < 4.78 is 30.8. The molecule has 2 saturated heterocycles. The van der Waals surface area contributed by atoms with Gasteiger partial charge in [-0.05, 0) is 39.4 Å². The van der Waals surface area contributed by atoms with Gasteiger partial charge in [-0.2, -0.15) is 5.10 Å². The number of hydrogen-bond acceptors (Lipinski definition) is 7. The van der Waals surface area contributed by atoms with Crippen LogP contribution in [0.2, 0.25) is 0 Å². The molecule has 2 aromatic heterocycles. The maximum absolute atomic E-state index is 12.8. The number of rotatable bonds is 6. The van der Waals surface area contributed by atoms with Crippen LogP contribution in [0.25, 0.3) is 0 Å². The van der Waals surface area contributed by atoms with Gasteiger partial charge in [-0.25, -0.2) is 8.42 Å². The van der Waals surface area contributed by atoms with Crippen molar-refractivity contribution < 1.29 is 22.4 Å². The van der Waals surface area contributed by atoms with Gasteiger partial charge < -0.3 is 14.2 Å². The standard InChI is InChI=1S/C22H31N5O5S/c1-16-19(17(2)27(23-16)18-6-12-33(30,31)15-18)13-24(3)14-21(28)25-7-9-26(10-8-25)22(29)20-5-4-11-32-20/h4-5,11,18H,6-10,12-15H2,1-3H3/t18-/m0/s1. The van der Waals surface area contributed by atoms with Crippen LogP contribution in [0.4, 0.5) is 0 Å². The van der Waals surface area contributed by atoms with Crippen LogP contribution in [0, 0.1) is 13.8 Å². The second kappa shape index (κ2) is 9.30. The van der Waals surface area contributed by atoms with Gasteiger partial charge in [0.2, 0.25) is 5.91 Å². The Morgan fingerprint density at radius 2 is 1.88 bits per heavy atom. The average molecular weight is 478 g/mol. The van der Waals surface area contributed by atoms with Crippen molar-refractivity contribution in [3.63, 3.8) is 0 Å². The van der Waals surface area contributed by atoms with E-state index in [0.29, 0.717) is 44.9 Å². The lowest BCUT2D eigenvalue weighted by atomic mass is 10.1. The normalized spacial score (nSPS) is 20.5. The van der Waals surface area contributed by atoms with Crippen molar-refractivity contribution in [2.75, 3.05) is 51.3 Å². The molecule has 2 fully saturated rings. The molecular weight excluding hydrogens is 446 g/mol. The summed E-state index contributed by atoms with van der Waals surface area (Å²) in [6, 6.07) is 3.22. The van der Waals surface area contributed by atoms with Crippen molar-refractivity contribution in [3.05, 3.63) is 41.1 Å². The summed E-state index contributed by atoms with van der Waals surface area (Å²) in [6.45, 7) is 6.64. The largest absolute Gasteiger partial charge is 0.459 e. The zero-order chi connectivity index (χ0) is 23.8. The van der Waals surface area contributed by atoms with Gasteiger partial charge in [0.15, 0.2) is 15.6 Å². The summed E-state index contributed by atoms with van der Waals surface area (Å²) in [5.41, 5.74) is 2.85. The minimum Gasteiger partial charge on any atom is -0.459 e. The zero-order valence-electron chi connectivity index (χ0n) is 19.4. The number of furan rings is 1. The van der Waals surface area contributed by atoms with Crippen molar-refractivity contribution in [1.82, 2.24) is 24.5 Å². The first-order chi connectivity index (χ1) is 15.6. The summed E-state index contributed by atoms with van der Waals surface area (Å²) in [5.74, 6) is 0.530. The molecular formula is C22H31N5O5S. The van der Waals surface area contributed by atoms with Gasteiger partial charge in [0.1, 0.15) is 0 Å². The first kappa shape index (κ1) is 23.5. The fraction of sp³-hybridized carbons (Fsp3) is 0.591. The smallest absolute Gasteiger partial charge is 0.289 e. The SMILES string of the molecule is Cc1nn([C@H]2CCS(=O)(=O)C2)c(C)c1CN(C)CC(=O)N1CCN(C(=O)c2ccco2)CC1. The summed E-state index contributed by atoms with van der Waals surface area (Å²) >= 11 is 0. The van der Waals surface area contributed by atoms with Crippen LogP contribution < -0.4 is 0 Å². The molecule has 2 aliphatic heterocycles. The predicted octanol–water partition coefficient (Wildman–Crippen LogP) is 0.869. The summed E-state index contributed by atoms with van der Waals surface area (Å²) in [6.07, 6.45) is 2.07. The maximum atomic E-state index is 12.8. The van der Waals surface area contributed by atoms with E-state index in [9.17, 15) is 18.0 Å². The van der Waals surface area contributed by atoms with Crippen molar-refractivity contribution in [2.24, 2.45) is 0 Å². The Hall–Kier alpha value is -2.66. The molecule has 4 rings (SSSR count). The van der Waals surface area contributed by atoms with E-state index in [2.05, 4.69) is 5.10 Å². The zero-order valence-corrected chi connectivity index (χ0v) is 20.2. The Bertz CT molecular complexity index is 1120. The number of aryl methyl sites for hydroxylation is 1. The van der Waals surface area contributed by atoms with E-state index < -0.39 is 9.84 Å². The molecule has 0 spiro atoms. The molecule has 0 N–H and O–H groups in total. The van der Waals surface area contributed by atoms with E-state index in [1.165, 1.54) is 6.26 Å². The lowest BCUT2D eigenvalue weighted by molar-refractivity contribution is -0.133. The number of nitrogens with zero attached hydrogens (tertiary/aromatic N) is 5. The fourth-order valence-electron chi connectivity index (χ4n) is 4.62. The topological polar surface area (TPSA) is 109 Å². The molecule has 2 aromatic rings. The molecule has 10 nitrogen and oxygen atoms in total. The van der Waals surface area contributed by atoms with Crippen molar-refractivity contribution in [3.8, 4) is 0 Å². The van der Waals surface area contributed by atoms with Crippen LogP contribution in [-0.4, -0.2) is 96.0 Å². The highest BCUT2D eigenvalue weighted by Crippen LogP contribution is 2.27. The number of hydrogen-bond donors (Lipinski definition) is 0. The van der Waals surface area contributed by atoms with Gasteiger partial charge in [-0.15, -0.1) is 0 Å². The van der Waals surface area contributed by atoms with E-state index >= 15 is 0 Å². The average Bonchev–Trinajstić information content (AvgIpc) is 3.49. The van der Waals surface area contributed by atoms with Crippen LogP contribution in [0.5, 0.6) is 0 Å². The Morgan fingerprint density at radius 1 is 1.18 bits per heavy atom. The first-order valence-electron chi connectivity index (χ1n) is 11.2. The van der Waals surface area contributed by atoms with Crippen LogP contribution in [-0.2, 0) is 21.2 Å². The van der Waals surface area contributed by atoms with Crippen molar-refractivity contribution in [2.45, 2.75) is 32.9 Å². The monoisotopic (exact) mass is 477 g/mol. The van der Waals surface area contributed by atoms with Gasteiger partial charge in [0.25, 0.3) is 5.91 Å². The van der Waals surface area contributed by atoms with E-state index in [-0.39, 0.29) is 35.9 Å². The van der Waals surface area contributed by atoms with E-state index in [0.717, 1.165) is 17.0 Å². The molecule has 180 valence electrons. The highest BCUT2D eigenvalue weighted by atomic mass is 32.2. The van der Waals surface area contributed by atoms with Crippen LogP contribution in [0.15, 0.2) is 22.8 Å². The summed E-state index contributed by atoms with van der Waals surface area (Å²) in [5, 5.41) is 4.61. The molecule has 0 aliphatic carbocycles. The molecule has 11 heteroatoms. The molecule has 2 amide bonds. The van der Waals surface area contributed by atoms with E-state index in [1.807, 2.05) is 30.5 Å². The summed E-state index contributed by atoms with van der Waals surface area (Å²) in [4.78, 5) is 30.7. The second-order valence-corrected chi connectivity index (χ2v) is 11.2. The number of carbonyl (C=O) groups excluding carboxylic acids is 2. The van der Waals surface area contributed by atoms with Crippen molar-refractivity contribution >= 4 is 21.7 Å². The number of carbonyl (C=O) groups is 2. The molecule has 0 aromatic carbocycles. The molecule has 0 radical (unpaired) electrons. The lowest BCUT2D eigenvalue weighted by Crippen LogP contribution is -2.52. The Kier molecular flexibility index (Phi) is 6.62. The van der Waals surface area contributed by atoms with Gasteiger partial charge in [0.05, 0.1) is 36.0 Å². The molecule has 4 heterocycles. The van der Waals surface area contributed by atoms with E-state index in [4.69, 9.17) is 4.42 Å². The summed E-state index contributed by atoms with van der Waals surface area (Å²) in [7, 11) is -1.10. The Balaban J connectivity index is 1.31. The van der Waals surface area contributed by atoms with Crippen LogP contribution in [0.1, 0.15) is 40.0 Å². The third kappa shape index (κ3) is 5.14. The van der Waals surface area contributed by atoms with E-state index in [1.54, 1.807) is 21.9 Å². The van der Waals surface area contributed by atoms with Crippen LogP contribution >= 0.6 is 0 Å². The molecule has 0 unspecified atom stereocenters. The molecule has 2 aliphatic rings. The minimum absolute atomic E-state index is 0.0205. The van der Waals surface area contributed by atoms with Gasteiger partial charge in [-0.3, -0.25) is 19.2 Å². The second-order valence-electron chi connectivity index (χ2n) is 8.97. The molecule has 0 saturated carbocycles. The fourth-order valence-corrected chi connectivity index (χ4v) is 6.31. The molecule has 0 bridgehead atoms. The highest BCUT2D eigenvalue weighted by Gasteiger charge is 2.32. The molecule has 1 atom stereocenters. The van der Waals surface area contributed by atoms with Gasteiger partial charge in [-0.1, -0.05) is 0 Å². The predicted molar refractivity (Wildman–Crippen MR) is 122 cm³/mol. The number of sulfone groups is 1. The number of amides is 2. The van der Waals surface area contributed by atoms with Crippen LogP contribution in [0.3, 0.4) is 0 Å². The van der Waals surface area contributed by atoms with Gasteiger partial charge >= 0.3 is 0 Å². The molecule has 33 heavy (non-hydrogen) atoms. The number of piperazine rings is 1. The third-order valence-electron chi connectivity index (χ3n) is 6.51. The first-order valence-corrected chi connectivity index (χ1v) is 13.0. The maximum Gasteiger partial charge on any atom is 0.289 e.